The number of ketones is 1. The Morgan fingerprint density at radius 3 is 2.21 bits per heavy atom. The van der Waals surface area contributed by atoms with Crippen LogP contribution in [-0.4, -0.2) is 39.6 Å². The van der Waals surface area contributed by atoms with Crippen LogP contribution in [-0.2, 0) is 11.2 Å². The molecule has 2 rings (SSSR count). The summed E-state index contributed by atoms with van der Waals surface area (Å²) in [5.41, 5.74) is 2.68. The first-order valence-electron chi connectivity index (χ1n) is 9.14. The van der Waals surface area contributed by atoms with E-state index in [-0.39, 0.29) is 24.5 Å². The number of aryl methyl sites for hydroxylation is 1. The predicted octanol–water partition coefficient (Wildman–Crippen LogP) is 3.34. The highest BCUT2D eigenvalue weighted by Crippen LogP contribution is 2.28. The number of hydrogen-bond donors (Lipinski definition) is 1. The number of carbonyl (C=O) groups is 2. The van der Waals surface area contributed by atoms with E-state index in [1.807, 2.05) is 25.1 Å². The van der Waals surface area contributed by atoms with Gasteiger partial charge in [-0.05, 0) is 43.2 Å². The Morgan fingerprint density at radius 1 is 0.857 bits per heavy atom. The molecule has 0 saturated heterocycles. The summed E-state index contributed by atoms with van der Waals surface area (Å²) in [5, 5.41) is 2.86. The monoisotopic (exact) mass is 385 g/mol. The standard InChI is InChI=1S/C22H27NO5/c1-15-5-8-19(26-2)17(13-15)11-12-23-22(25)10-7-18(24)16-6-9-20(27-3)21(14-16)28-4/h5-6,8-9,13-14H,7,10-12H2,1-4H3,(H,23,25). The first kappa shape index (κ1) is 21.3. The molecule has 0 atom stereocenters. The molecule has 0 fully saturated rings. The molecule has 0 heterocycles. The Bertz CT molecular complexity index is 832. The molecule has 0 spiro atoms. The maximum atomic E-state index is 12.3. The lowest BCUT2D eigenvalue weighted by Crippen LogP contribution is -2.26. The van der Waals surface area contributed by atoms with Gasteiger partial charge in [0.2, 0.25) is 5.91 Å². The summed E-state index contributed by atoms with van der Waals surface area (Å²) < 4.78 is 15.7. The summed E-state index contributed by atoms with van der Waals surface area (Å²) in [6, 6.07) is 10.9. The first-order chi connectivity index (χ1) is 13.5. The van der Waals surface area contributed by atoms with Crippen molar-refractivity contribution in [3.63, 3.8) is 0 Å². The van der Waals surface area contributed by atoms with Gasteiger partial charge in [-0.2, -0.15) is 0 Å². The molecule has 0 saturated carbocycles. The van der Waals surface area contributed by atoms with Crippen LogP contribution in [0.4, 0.5) is 0 Å². The van der Waals surface area contributed by atoms with Gasteiger partial charge in [0, 0.05) is 24.9 Å². The third-order valence-corrected chi connectivity index (χ3v) is 4.44. The Morgan fingerprint density at radius 2 is 1.54 bits per heavy atom. The molecule has 150 valence electrons. The third kappa shape index (κ3) is 5.74. The molecular formula is C22H27NO5. The summed E-state index contributed by atoms with van der Waals surface area (Å²) in [5.74, 6) is 1.59. The minimum absolute atomic E-state index is 0.114. The second kappa shape index (κ2) is 10.3. The molecule has 2 aromatic carbocycles. The molecule has 0 radical (unpaired) electrons. The molecule has 0 bridgehead atoms. The van der Waals surface area contributed by atoms with E-state index >= 15 is 0 Å². The van der Waals surface area contributed by atoms with Crippen LogP contribution in [0.25, 0.3) is 0 Å². The van der Waals surface area contributed by atoms with E-state index in [0.29, 0.717) is 30.0 Å². The summed E-state index contributed by atoms with van der Waals surface area (Å²) in [4.78, 5) is 24.4. The largest absolute Gasteiger partial charge is 0.496 e. The Kier molecular flexibility index (Phi) is 7.87. The third-order valence-electron chi connectivity index (χ3n) is 4.44. The normalized spacial score (nSPS) is 10.3. The zero-order valence-electron chi connectivity index (χ0n) is 16.8. The van der Waals surface area contributed by atoms with Gasteiger partial charge in [-0.1, -0.05) is 17.7 Å². The molecule has 2 aromatic rings. The van der Waals surface area contributed by atoms with E-state index in [0.717, 1.165) is 16.9 Å². The van der Waals surface area contributed by atoms with Gasteiger partial charge in [-0.3, -0.25) is 9.59 Å². The summed E-state index contributed by atoms with van der Waals surface area (Å²) >= 11 is 0. The Hall–Kier alpha value is -3.02. The number of rotatable bonds is 10. The number of methoxy groups -OCH3 is 3. The number of benzene rings is 2. The van der Waals surface area contributed by atoms with Gasteiger partial charge >= 0.3 is 0 Å². The molecule has 0 aromatic heterocycles. The highest BCUT2D eigenvalue weighted by molar-refractivity contribution is 5.98. The summed E-state index contributed by atoms with van der Waals surface area (Å²) in [6.45, 7) is 2.50. The fraction of sp³-hybridized carbons (Fsp3) is 0.364. The van der Waals surface area contributed by atoms with Crippen molar-refractivity contribution >= 4 is 11.7 Å². The number of ether oxygens (including phenoxy) is 3. The number of amides is 1. The second-order valence-electron chi connectivity index (χ2n) is 6.41. The predicted molar refractivity (Wildman–Crippen MR) is 108 cm³/mol. The van der Waals surface area contributed by atoms with E-state index in [9.17, 15) is 9.59 Å². The first-order valence-corrected chi connectivity index (χ1v) is 9.14. The molecule has 0 aliphatic heterocycles. The van der Waals surface area contributed by atoms with Crippen molar-refractivity contribution in [1.82, 2.24) is 5.32 Å². The van der Waals surface area contributed by atoms with Crippen molar-refractivity contribution in [3.8, 4) is 17.2 Å². The van der Waals surface area contributed by atoms with E-state index in [1.54, 1.807) is 25.3 Å². The zero-order valence-corrected chi connectivity index (χ0v) is 16.8. The Labute approximate surface area is 165 Å². The Balaban J connectivity index is 1.82. The van der Waals surface area contributed by atoms with Crippen LogP contribution >= 0.6 is 0 Å². The summed E-state index contributed by atoms with van der Waals surface area (Å²) in [6.07, 6.45) is 0.938. The number of nitrogens with one attached hydrogen (secondary N) is 1. The second-order valence-corrected chi connectivity index (χ2v) is 6.41. The lowest BCUT2D eigenvalue weighted by molar-refractivity contribution is -0.121. The molecular weight excluding hydrogens is 358 g/mol. The molecule has 1 N–H and O–H groups in total. The van der Waals surface area contributed by atoms with Crippen molar-refractivity contribution in [2.75, 3.05) is 27.9 Å². The van der Waals surface area contributed by atoms with Gasteiger partial charge in [0.15, 0.2) is 17.3 Å². The maximum absolute atomic E-state index is 12.3. The zero-order chi connectivity index (χ0) is 20.5. The molecule has 6 nitrogen and oxygen atoms in total. The van der Waals surface area contributed by atoms with E-state index in [2.05, 4.69) is 5.32 Å². The van der Waals surface area contributed by atoms with Gasteiger partial charge in [-0.15, -0.1) is 0 Å². The highest BCUT2D eigenvalue weighted by Gasteiger charge is 2.13. The minimum atomic E-state index is -0.152. The van der Waals surface area contributed by atoms with Crippen molar-refractivity contribution < 1.29 is 23.8 Å². The number of hydrogen-bond acceptors (Lipinski definition) is 5. The molecule has 28 heavy (non-hydrogen) atoms. The maximum Gasteiger partial charge on any atom is 0.220 e. The van der Waals surface area contributed by atoms with E-state index in [1.165, 1.54) is 14.2 Å². The molecule has 0 unspecified atom stereocenters. The van der Waals surface area contributed by atoms with E-state index in [4.69, 9.17) is 14.2 Å². The lowest BCUT2D eigenvalue weighted by Gasteiger charge is -2.11. The molecule has 0 aliphatic rings. The topological polar surface area (TPSA) is 73.9 Å². The van der Waals surface area contributed by atoms with Gasteiger partial charge in [0.1, 0.15) is 5.75 Å². The smallest absolute Gasteiger partial charge is 0.220 e. The van der Waals surface area contributed by atoms with Crippen molar-refractivity contribution in [2.24, 2.45) is 0 Å². The SMILES string of the molecule is COc1ccc(C)cc1CCNC(=O)CCC(=O)c1ccc(OC)c(OC)c1. The van der Waals surface area contributed by atoms with Gasteiger partial charge in [0.05, 0.1) is 21.3 Å². The van der Waals surface area contributed by atoms with Crippen molar-refractivity contribution in [2.45, 2.75) is 26.2 Å². The van der Waals surface area contributed by atoms with E-state index < -0.39 is 0 Å². The molecule has 6 heteroatoms. The lowest BCUT2D eigenvalue weighted by atomic mass is 10.1. The van der Waals surface area contributed by atoms with Crippen LogP contribution < -0.4 is 19.5 Å². The number of Topliss-reactive ketones (excluding diaryl/α,β-unsaturated/α-hetero) is 1. The van der Waals surface area contributed by atoms with Crippen LogP contribution in [0.1, 0.15) is 34.3 Å². The average molecular weight is 385 g/mol. The average Bonchev–Trinajstić information content (AvgIpc) is 2.71. The molecule has 0 aliphatic carbocycles. The minimum Gasteiger partial charge on any atom is -0.496 e. The number of carbonyl (C=O) groups excluding carboxylic acids is 2. The van der Waals surface area contributed by atoms with Gasteiger partial charge in [0.25, 0.3) is 0 Å². The van der Waals surface area contributed by atoms with Crippen LogP contribution in [0.2, 0.25) is 0 Å². The fourth-order valence-electron chi connectivity index (χ4n) is 2.91. The van der Waals surface area contributed by atoms with Crippen LogP contribution in [0.15, 0.2) is 36.4 Å². The fourth-order valence-corrected chi connectivity index (χ4v) is 2.91. The van der Waals surface area contributed by atoms with Crippen molar-refractivity contribution in [1.29, 1.82) is 0 Å². The molecule has 1 amide bonds. The van der Waals surface area contributed by atoms with Gasteiger partial charge in [-0.25, -0.2) is 0 Å². The van der Waals surface area contributed by atoms with Crippen molar-refractivity contribution in [3.05, 3.63) is 53.1 Å². The van der Waals surface area contributed by atoms with Crippen LogP contribution in [0.3, 0.4) is 0 Å². The van der Waals surface area contributed by atoms with Crippen LogP contribution in [0.5, 0.6) is 17.2 Å². The van der Waals surface area contributed by atoms with Gasteiger partial charge < -0.3 is 19.5 Å². The highest BCUT2D eigenvalue weighted by atomic mass is 16.5. The summed E-state index contributed by atoms with van der Waals surface area (Å²) in [7, 11) is 4.69. The quantitative estimate of drug-likeness (QED) is 0.635. The van der Waals surface area contributed by atoms with Crippen LogP contribution in [0, 0.1) is 6.92 Å².